The van der Waals surface area contributed by atoms with Crippen LogP contribution in [0.5, 0.6) is 5.75 Å². The summed E-state index contributed by atoms with van der Waals surface area (Å²) in [5.41, 5.74) is 0.898. The molecule has 0 saturated carbocycles. The van der Waals surface area contributed by atoms with Crippen LogP contribution in [0.25, 0.3) is 0 Å². The molecule has 0 radical (unpaired) electrons. The van der Waals surface area contributed by atoms with Gasteiger partial charge in [0, 0.05) is 5.54 Å². The van der Waals surface area contributed by atoms with Crippen LogP contribution in [0, 0.1) is 17.2 Å². The summed E-state index contributed by atoms with van der Waals surface area (Å²) < 4.78 is 19.4. The molecule has 0 spiro atoms. The third kappa shape index (κ3) is 5.66. The van der Waals surface area contributed by atoms with Gasteiger partial charge in [-0.05, 0) is 56.7 Å². The fraction of sp³-hybridized carbons (Fsp3) is 0.667. The van der Waals surface area contributed by atoms with Crippen LogP contribution in [0.2, 0.25) is 0 Å². The standard InChI is InChI=1S/C18H30FNO/c1-17(2,3)14(12-20-18(4,5)6)11-13-9-8-10-15(21-7)16(13)19/h8-10,14,20H,11-12H2,1-7H3. The van der Waals surface area contributed by atoms with Gasteiger partial charge in [0.25, 0.3) is 0 Å². The van der Waals surface area contributed by atoms with Crippen LogP contribution >= 0.6 is 0 Å². The Morgan fingerprint density at radius 3 is 2.24 bits per heavy atom. The number of benzene rings is 1. The molecule has 2 nitrogen and oxygen atoms in total. The molecular formula is C18H30FNO. The zero-order chi connectivity index (χ0) is 16.3. The molecule has 1 unspecified atom stereocenters. The summed E-state index contributed by atoms with van der Waals surface area (Å²) in [5.74, 6) is 0.437. The Balaban J connectivity index is 2.92. The first-order chi connectivity index (χ1) is 9.54. The Bertz CT molecular complexity index is 457. The second-order valence-corrected chi connectivity index (χ2v) is 7.83. The number of rotatable bonds is 5. The van der Waals surface area contributed by atoms with Gasteiger partial charge in [-0.15, -0.1) is 0 Å². The lowest BCUT2D eigenvalue weighted by Crippen LogP contribution is -2.42. The molecule has 0 fully saturated rings. The van der Waals surface area contributed by atoms with E-state index in [1.807, 2.05) is 12.1 Å². The first-order valence-corrected chi connectivity index (χ1v) is 7.61. The molecule has 0 bridgehead atoms. The third-order valence-electron chi connectivity index (χ3n) is 3.83. The van der Waals surface area contributed by atoms with Crippen LogP contribution < -0.4 is 10.1 Å². The van der Waals surface area contributed by atoms with Gasteiger partial charge in [-0.3, -0.25) is 0 Å². The van der Waals surface area contributed by atoms with E-state index in [0.717, 1.165) is 12.1 Å². The van der Waals surface area contributed by atoms with Gasteiger partial charge in [0.1, 0.15) is 0 Å². The second kappa shape index (κ2) is 6.78. The minimum Gasteiger partial charge on any atom is -0.494 e. The molecular weight excluding hydrogens is 265 g/mol. The normalized spacial score (nSPS) is 14.1. The van der Waals surface area contributed by atoms with E-state index in [1.165, 1.54) is 7.11 Å². The van der Waals surface area contributed by atoms with Gasteiger partial charge < -0.3 is 10.1 Å². The van der Waals surface area contributed by atoms with Crippen molar-refractivity contribution >= 4 is 0 Å². The molecule has 120 valence electrons. The fourth-order valence-electron chi connectivity index (χ4n) is 2.25. The summed E-state index contributed by atoms with van der Waals surface area (Å²) in [5, 5.41) is 3.54. The van der Waals surface area contributed by atoms with Gasteiger partial charge in [-0.1, -0.05) is 32.9 Å². The number of hydrogen-bond donors (Lipinski definition) is 1. The Morgan fingerprint density at radius 2 is 1.76 bits per heavy atom. The molecule has 3 heteroatoms. The van der Waals surface area contributed by atoms with Crippen molar-refractivity contribution in [1.29, 1.82) is 0 Å². The van der Waals surface area contributed by atoms with Gasteiger partial charge in [0.05, 0.1) is 7.11 Å². The molecule has 0 heterocycles. The van der Waals surface area contributed by atoms with Crippen LogP contribution in [0.15, 0.2) is 18.2 Å². The van der Waals surface area contributed by atoms with Crippen LogP contribution in [-0.2, 0) is 6.42 Å². The number of ether oxygens (including phenoxy) is 1. The van der Waals surface area contributed by atoms with Gasteiger partial charge >= 0.3 is 0 Å². The predicted molar refractivity (Wildman–Crippen MR) is 87.4 cm³/mol. The van der Waals surface area contributed by atoms with Crippen molar-refractivity contribution in [1.82, 2.24) is 5.32 Å². The average molecular weight is 295 g/mol. The van der Waals surface area contributed by atoms with Gasteiger partial charge in [-0.25, -0.2) is 4.39 Å². The first-order valence-electron chi connectivity index (χ1n) is 7.61. The summed E-state index contributed by atoms with van der Waals surface area (Å²) in [6.07, 6.45) is 0.704. The maximum Gasteiger partial charge on any atom is 0.168 e. The lowest BCUT2D eigenvalue weighted by Gasteiger charge is -2.34. The number of hydrogen-bond acceptors (Lipinski definition) is 2. The van der Waals surface area contributed by atoms with Crippen molar-refractivity contribution in [2.45, 2.75) is 53.5 Å². The average Bonchev–Trinajstić information content (AvgIpc) is 2.33. The maximum absolute atomic E-state index is 14.4. The molecule has 1 N–H and O–H groups in total. The molecule has 1 aromatic rings. The van der Waals surface area contributed by atoms with Crippen molar-refractivity contribution in [3.05, 3.63) is 29.6 Å². The molecule has 21 heavy (non-hydrogen) atoms. The van der Waals surface area contributed by atoms with Crippen molar-refractivity contribution in [3.63, 3.8) is 0 Å². The molecule has 0 aromatic heterocycles. The minimum absolute atomic E-state index is 0.0659. The fourth-order valence-corrected chi connectivity index (χ4v) is 2.25. The van der Waals surface area contributed by atoms with E-state index < -0.39 is 0 Å². The van der Waals surface area contributed by atoms with E-state index in [4.69, 9.17) is 4.74 Å². The smallest absolute Gasteiger partial charge is 0.168 e. The second-order valence-electron chi connectivity index (χ2n) is 7.83. The Morgan fingerprint density at radius 1 is 1.14 bits per heavy atom. The van der Waals surface area contributed by atoms with E-state index in [1.54, 1.807) is 6.07 Å². The third-order valence-corrected chi connectivity index (χ3v) is 3.83. The van der Waals surface area contributed by atoms with Gasteiger partial charge in [-0.2, -0.15) is 0 Å². The number of nitrogens with one attached hydrogen (secondary N) is 1. The highest BCUT2D eigenvalue weighted by Gasteiger charge is 2.27. The first kappa shape index (κ1) is 18.0. The Labute approximate surface area is 129 Å². The van der Waals surface area contributed by atoms with E-state index >= 15 is 0 Å². The summed E-state index contributed by atoms with van der Waals surface area (Å²) >= 11 is 0. The van der Waals surface area contributed by atoms with E-state index in [-0.39, 0.29) is 16.8 Å². The van der Waals surface area contributed by atoms with Crippen molar-refractivity contribution in [3.8, 4) is 5.75 Å². The van der Waals surface area contributed by atoms with Crippen LogP contribution in [0.3, 0.4) is 0 Å². The van der Waals surface area contributed by atoms with Crippen LogP contribution in [-0.4, -0.2) is 19.2 Å². The predicted octanol–water partition coefficient (Wildman–Crippen LogP) is 4.43. The highest BCUT2D eigenvalue weighted by Crippen LogP contribution is 2.31. The van der Waals surface area contributed by atoms with Crippen molar-refractivity contribution in [2.75, 3.05) is 13.7 Å². The summed E-state index contributed by atoms with van der Waals surface area (Å²) in [7, 11) is 1.50. The quantitative estimate of drug-likeness (QED) is 0.868. The topological polar surface area (TPSA) is 21.3 Å². The van der Waals surface area contributed by atoms with E-state index in [9.17, 15) is 4.39 Å². The van der Waals surface area contributed by atoms with Gasteiger partial charge in [0.2, 0.25) is 0 Å². The SMILES string of the molecule is COc1cccc(CC(CNC(C)(C)C)C(C)(C)C)c1F. The molecule has 1 rings (SSSR count). The summed E-state index contributed by atoms with van der Waals surface area (Å²) in [4.78, 5) is 0. The number of halogens is 1. The molecule has 0 aliphatic rings. The highest BCUT2D eigenvalue weighted by atomic mass is 19.1. The minimum atomic E-state index is -0.231. The lowest BCUT2D eigenvalue weighted by molar-refractivity contribution is 0.212. The molecule has 0 saturated heterocycles. The Hall–Kier alpha value is -1.09. The zero-order valence-electron chi connectivity index (χ0n) is 14.5. The maximum atomic E-state index is 14.4. The van der Waals surface area contributed by atoms with Gasteiger partial charge in [0.15, 0.2) is 11.6 Å². The highest BCUT2D eigenvalue weighted by molar-refractivity contribution is 5.31. The molecule has 1 atom stereocenters. The molecule has 1 aromatic carbocycles. The van der Waals surface area contributed by atoms with Crippen molar-refractivity contribution in [2.24, 2.45) is 11.3 Å². The largest absolute Gasteiger partial charge is 0.494 e. The molecule has 0 amide bonds. The molecule has 0 aliphatic carbocycles. The van der Waals surface area contributed by atoms with Crippen LogP contribution in [0.4, 0.5) is 4.39 Å². The zero-order valence-corrected chi connectivity index (χ0v) is 14.5. The van der Waals surface area contributed by atoms with Crippen LogP contribution in [0.1, 0.15) is 47.1 Å². The van der Waals surface area contributed by atoms with E-state index in [2.05, 4.69) is 46.9 Å². The van der Waals surface area contributed by atoms with E-state index in [0.29, 0.717) is 18.1 Å². The monoisotopic (exact) mass is 295 g/mol. The lowest BCUT2D eigenvalue weighted by atomic mass is 9.76. The summed E-state index contributed by atoms with van der Waals surface area (Å²) in [6.45, 7) is 13.9. The Kier molecular flexibility index (Phi) is 5.80. The number of methoxy groups -OCH3 is 1. The van der Waals surface area contributed by atoms with Crippen molar-refractivity contribution < 1.29 is 9.13 Å². The summed E-state index contributed by atoms with van der Waals surface area (Å²) in [6, 6.07) is 5.38. The molecule has 0 aliphatic heterocycles.